The highest BCUT2D eigenvalue weighted by atomic mass is 16.4. The highest BCUT2D eigenvalue weighted by Gasteiger charge is 2.70. The van der Waals surface area contributed by atoms with Crippen molar-refractivity contribution in [3.05, 3.63) is 34.4 Å². The van der Waals surface area contributed by atoms with Gasteiger partial charge in [-0.3, -0.25) is 9.69 Å². The Morgan fingerprint density at radius 3 is 2.59 bits per heavy atom. The van der Waals surface area contributed by atoms with Crippen molar-refractivity contribution >= 4 is 11.9 Å². The molecular formula is C31H46N4O6. The van der Waals surface area contributed by atoms with Crippen LogP contribution < -0.4 is 21.6 Å². The second kappa shape index (κ2) is 10.4. The fourth-order valence-corrected chi connectivity index (χ4v) is 9.90. The second-order valence-corrected chi connectivity index (χ2v) is 14.0. The normalized spacial score (nSPS) is 42.4. The first-order valence-electron chi connectivity index (χ1n) is 15.5. The Morgan fingerprint density at radius 2 is 1.83 bits per heavy atom. The summed E-state index contributed by atoms with van der Waals surface area (Å²) < 4.78 is 5.20. The van der Waals surface area contributed by atoms with Crippen molar-refractivity contribution in [2.24, 2.45) is 22.7 Å². The zero-order valence-corrected chi connectivity index (χ0v) is 24.4. The zero-order valence-electron chi connectivity index (χ0n) is 24.4. The van der Waals surface area contributed by atoms with Gasteiger partial charge in [0.25, 0.3) is 0 Å². The van der Waals surface area contributed by atoms with Crippen LogP contribution in [0.25, 0.3) is 0 Å². The smallest absolute Gasteiger partial charge is 0.335 e. The van der Waals surface area contributed by atoms with E-state index < -0.39 is 11.2 Å². The maximum absolute atomic E-state index is 12.7. The van der Waals surface area contributed by atoms with Gasteiger partial charge in [0.2, 0.25) is 5.91 Å². The molecular weight excluding hydrogens is 524 g/mol. The predicted molar refractivity (Wildman–Crippen MR) is 152 cm³/mol. The van der Waals surface area contributed by atoms with Crippen LogP contribution in [0.4, 0.5) is 4.79 Å². The molecule has 2 unspecified atom stereocenters. The number of hydrogen-bond donors (Lipinski definition) is 5. The van der Waals surface area contributed by atoms with Crippen LogP contribution in [-0.2, 0) is 4.79 Å². The van der Waals surface area contributed by atoms with E-state index in [2.05, 4.69) is 29.8 Å². The predicted octanol–water partition coefficient (Wildman–Crippen LogP) is 2.10. The lowest BCUT2D eigenvalue weighted by Crippen LogP contribution is -2.68. The highest BCUT2D eigenvalue weighted by molar-refractivity contribution is 5.78. The summed E-state index contributed by atoms with van der Waals surface area (Å²) in [4.78, 5) is 37.9. The van der Waals surface area contributed by atoms with E-state index in [1.165, 1.54) is 6.07 Å². The van der Waals surface area contributed by atoms with Gasteiger partial charge in [-0.05, 0) is 92.6 Å². The largest absolute Gasteiger partial charge is 0.431 e. The standard InChI is InChI=1S/C31H46N4O6/c1-28-9-5-21(34-27(38)33-14-16-35-15-13-32-25(36)18-35)17-30(28,39)11-7-24-23(28)6-10-29(2)22(8-12-31(24,29)40)20-3-4-26(37)41-19-20/h3-4,19,21-24,39-40H,5-18H2,1-2H3,(H,32,36)(H2,33,34,38)/t21-,22+,23-,24+,28?,29?,30-,31-/m0/s1. The number of amides is 3. The molecule has 8 atom stereocenters. The van der Waals surface area contributed by atoms with Gasteiger partial charge < -0.3 is 30.6 Å². The molecule has 2 heterocycles. The maximum Gasteiger partial charge on any atom is 0.335 e. The average molecular weight is 571 g/mol. The van der Waals surface area contributed by atoms with Crippen LogP contribution in [0.5, 0.6) is 0 Å². The molecule has 5 N–H and O–H groups in total. The molecule has 1 aromatic heterocycles. The summed E-state index contributed by atoms with van der Waals surface area (Å²) in [6.45, 7) is 7.30. The fraction of sp³-hybridized carbons (Fsp3) is 0.774. The van der Waals surface area contributed by atoms with Gasteiger partial charge in [0, 0.05) is 43.7 Å². The monoisotopic (exact) mass is 570 g/mol. The lowest BCUT2D eigenvalue weighted by atomic mass is 9.42. The molecule has 41 heavy (non-hydrogen) atoms. The minimum absolute atomic E-state index is 0.0161. The Labute approximate surface area is 241 Å². The van der Waals surface area contributed by atoms with E-state index in [9.17, 15) is 24.6 Å². The minimum Gasteiger partial charge on any atom is -0.431 e. The van der Waals surface area contributed by atoms with Crippen molar-refractivity contribution in [1.82, 2.24) is 20.9 Å². The molecule has 5 fully saturated rings. The summed E-state index contributed by atoms with van der Waals surface area (Å²) in [5, 5.41) is 33.4. The zero-order chi connectivity index (χ0) is 29.0. The first-order valence-corrected chi connectivity index (χ1v) is 15.5. The molecule has 4 saturated carbocycles. The fourth-order valence-electron chi connectivity index (χ4n) is 9.90. The highest BCUT2D eigenvalue weighted by Crippen LogP contribution is 2.71. The second-order valence-electron chi connectivity index (χ2n) is 14.0. The SMILES string of the molecule is CC12CC[C@H](NC(=O)NCCN3CCNC(=O)C3)C[C@@]1(O)CC[C@@H]1[C@@H]2CCC2(C)[C@@H](c3ccc(=O)oc3)CC[C@]12O. The first kappa shape index (κ1) is 28.7. The lowest BCUT2D eigenvalue weighted by molar-refractivity contribution is -0.247. The molecule has 6 rings (SSSR count). The van der Waals surface area contributed by atoms with Crippen LogP contribution in [0, 0.1) is 22.7 Å². The van der Waals surface area contributed by atoms with Gasteiger partial charge in [-0.15, -0.1) is 0 Å². The molecule has 5 aliphatic rings. The molecule has 1 aromatic rings. The third-order valence-electron chi connectivity index (χ3n) is 12.3. The Kier molecular flexibility index (Phi) is 7.26. The van der Waals surface area contributed by atoms with E-state index in [4.69, 9.17) is 4.42 Å². The summed E-state index contributed by atoms with van der Waals surface area (Å²) in [6.07, 6.45) is 8.47. The van der Waals surface area contributed by atoms with E-state index in [-0.39, 0.29) is 52.2 Å². The van der Waals surface area contributed by atoms with Gasteiger partial charge in [0.05, 0.1) is 24.0 Å². The Balaban J connectivity index is 1.09. The van der Waals surface area contributed by atoms with Crippen molar-refractivity contribution < 1.29 is 24.2 Å². The number of fused-ring (bicyclic) bond motifs is 5. The lowest BCUT2D eigenvalue weighted by Gasteiger charge is -2.66. The molecule has 10 nitrogen and oxygen atoms in total. The summed E-state index contributed by atoms with van der Waals surface area (Å²) in [7, 11) is 0. The van der Waals surface area contributed by atoms with Crippen molar-refractivity contribution in [3.8, 4) is 0 Å². The van der Waals surface area contributed by atoms with Crippen LogP contribution in [0.2, 0.25) is 0 Å². The molecule has 0 radical (unpaired) electrons. The topological polar surface area (TPSA) is 144 Å². The van der Waals surface area contributed by atoms with Gasteiger partial charge >= 0.3 is 11.7 Å². The van der Waals surface area contributed by atoms with Gasteiger partial charge in [-0.1, -0.05) is 13.8 Å². The Hall–Kier alpha value is -2.43. The van der Waals surface area contributed by atoms with E-state index in [0.29, 0.717) is 39.0 Å². The molecule has 0 bridgehead atoms. The number of carbonyl (C=O) groups excluding carboxylic acids is 2. The van der Waals surface area contributed by atoms with Crippen LogP contribution in [0.15, 0.2) is 27.6 Å². The molecule has 3 amide bonds. The van der Waals surface area contributed by atoms with Crippen molar-refractivity contribution in [2.75, 3.05) is 32.7 Å². The van der Waals surface area contributed by atoms with E-state index in [0.717, 1.165) is 57.1 Å². The summed E-state index contributed by atoms with van der Waals surface area (Å²) in [6, 6.07) is 3.00. The number of rotatable bonds is 5. The van der Waals surface area contributed by atoms with Gasteiger partial charge in [0.1, 0.15) is 0 Å². The van der Waals surface area contributed by atoms with Gasteiger partial charge in [-0.25, -0.2) is 9.59 Å². The number of nitrogens with one attached hydrogen (secondary N) is 3. The molecule has 1 saturated heterocycles. The number of carbonyl (C=O) groups is 2. The molecule has 0 spiro atoms. The maximum atomic E-state index is 12.7. The van der Waals surface area contributed by atoms with Gasteiger partial charge in [0.15, 0.2) is 0 Å². The number of hydrogen-bond acceptors (Lipinski definition) is 7. The molecule has 1 aliphatic heterocycles. The summed E-state index contributed by atoms with van der Waals surface area (Å²) >= 11 is 0. The van der Waals surface area contributed by atoms with Crippen LogP contribution in [-0.4, -0.2) is 77.0 Å². The molecule has 10 heteroatoms. The number of urea groups is 1. The Morgan fingerprint density at radius 1 is 1.05 bits per heavy atom. The third kappa shape index (κ3) is 4.70. The summed E-state index contributed by atoms with van der Waals surface area (Å²) in [5.41, 5.74) is -1.72. The van der Waals surface area contributed by atoms with Crippen molar-refractivity contribution in [3.63, 3.8) is 0 Å². The van der Waals surface area contributed by atoms with Crippen molar-refractivity contribution in [2.45, 2.75) is 94.8 Å². The average Bonchev–Trinajstić information content (AvgIpc) is 3.21. The van der Waals surface area contributed by atoms with Crippen LogP contribution >= 0.6 is 0 Å². The number of nitrogens with zero attached hydrogens (tertiary/aromatic N) is 1. The van der Waals surface area contributed by atoms with E-state index in [1.54, 1.807) is 6.26 Å². The third-order valence-corrected chi connectivity index (χ3v) is 12.3. The van der Waals surface area contributed by atoms with Crippen LogP contribution in [0.1, 0.15) is 83.1 Å². The minimum atomic E-state index is -0.892. The van der Waals surface area contributed by atoms with Gasteiger partial charge in [-0.2, -0.15) is 0 Å². The quantitative estimate of drug-likeness (QED) is 0.365. The first-order chi connectivity index (χ1) is 19.5. The Bertz CT molecular complexity index is 1220. The molecule has 0 aromatic carbocycles. The van der Waals surface area contributed by atoms with E-state index in [1.807, 2.05) is 11.0 Å². The van der Waals surface area contributed by atoms with Crippen molar-refractivity contribution in [1.29, 1.82) is 0 Å². The number of aliphatic hydroxyl groups is 2. The number of piperazine rings is 1. The van der Waals surface area contributed by atoms with E-state index >= 15 is 0 Å². The summed E-state index contributed by atoms with van der Waals surface area (Å²) in [5.74, 6) is 0.472. The van der Waals surface area contributed by atoms with Crippen LogP contribution in [0.3, 0.4) is 0 Å². The molecule has 4 aliphatic carbocycles. The molecule has 226 valence electrons.